The number of amides is 1. The summed E-state index contributed by atoms with van der Waals surface area (Å²) in [5, 5.41) is 3.13. The van der Waals surface area contributed by atoms with E-state index >= 15 is 0 Å². The van der Waals surface area contributed by atoms with Crippen LogP contribution in [0.1, 0.15) is 35.9 Å². The Bertz CT molecular complexity index is 1010. The van der Waals surface area contributed by atoms with E-state index in [1.165, 1.54) is 16.4 Å². The molecule has 8 nitrogen and oxygen atoms in total. The summed E-state index contributed by atoms with van der Waals surface area (Å²) in [5.74, 6) is -1.29. The number of furan rings is 1. The molecule has 10 heteroatoms. The molecule has 0 radical (unpaired) electrons. The van der Waals surface area contributed by atoms with Crippen LogP contribution in [0, 0.1) is 5.92 Å². The smallest absolute Gasteiger partial charge is 0.374 e. The third-order valence-electron chi connectivity index (χ3n) is 4.89. The first-order valence-electron chi connectivity index (χ1n) is 9.61. The molecule has 1 aromatic carbocycles. The van der Waals surface area contributed by atoms with Gasteiger partial charge in [-0.15, -0.1) is 0 Å². The van der Waals surface area contributed by atoms with Gasteiger partial charge in [-0.25, -0.2) is 13.2 Å². The van der Waals surface area contributed by atoms with Crippen LogP contribution < -0.4 is 5.32 Å². The van der Waals surface area contributed by atoms with E-state index in [-0.39, 0.29) is 42.4 Å². The normalized spacial score (nSPS) is 15.7. The fraction of sp³-hybridized carbons (Fsp3) is 0.400. The summed E-state index contributed by atoms with van der Waals surface area (Å²) in [6, 6.07) is 9.78. The molecule has 162 valence electrons. The van der Waals surface area contributed by atoms with Gasteiger partial charge in [-0.3, -0.25) is 4.79 Å². The van der Waals surface area contributed by atoms with E-state index in [4.69, 9.17) is 20.8 Å². The van der Waals surface area contributed by atoms with Crippen LogP contribution in [-0.2, 0) is 26.1 Å². The predicted octanol–water partition coefficient (Wildman–Crippen LogP) is 2.83. The van der Waals surface area contributed by atoms with Crippen molar-refractivity contribution in [1.82, 2.24) is 9.62 Å². The number of rotatable bonds is 7. The van der Waals surface area contributed by atoms with Gasteiger partial charge in [0.05, 0.1) is 6.61 Å². The van der Waals surface area contributed by atoms with Crippen molar-refractivity contribution in [2.75, 3.05) is 19.7 Å². The Morgan fingerprint density at radius 3 is 2.57 bits per heavy atom. The van der Waals surface area contributed by atoms with E-state index in [1.54, 1.807) is 13.0 Å². The number of hydrogen-bond donors (Lipinski definition) is 1. The maximum atomic E-state index is 12.8. The highest BCUT2D eigenvalue weighted by atomic mass is 35.5. The summed E-state index contributed by atoms with van der Waals surface area (Å²) in [6.45, 7) is 2.49. The number of esters is 1. The van der Waals surface area contributed by atoms with Gasteiger partial charge in [0, 0.05) is 30.6 Å². The molecular weight excluding hydrogens is 432 g/mol. The molecule has 0 aliphatic carbocycles. The number of sulfonamides is 1. The van der Waals surface area contributed by atoms with Gasteiger partial charge < -0.3 is 14.5 Å². The molecule has 1 fully saturated rings. The van der Waals surface area contributed by atoms with Crippen molar-refractivity contribution in [2.24, 2.45) is 5.92 Å². The minimum absolute atomic E-state index is 0.130. The Hall–Kier alpha value is -2.36. The van der Waals surface area contributed by atoms with Crippen molar-refractivity contribution in [2.45, 2.75) is 31.4 Å². The fourth-order valence-electron chi connectivity index (χ4n) is 3.22. The lowest BCUT2D eigenvalue weighted by molar-refractivity contribution is -0.126. The van der Waals surface area contributed by atoms with Crippen molar-refractivity contribution < 1.29 is 27.2 Å². The SMILES string of the molecule is CCOC(=O)c1ccc(S(=O)(=O)N2CCC(C(=O)NCc3ccccc3Cl)CC2)o1. The second-order valence-corrected chi connectivity index (χ2v) is 9.10. The van der Waals surface area contributed by atoms with Crippen molar-refractivity contribution in [3.63, 3.8) is 0 Å². The standard InChI is InChI=1S/C20H23ClN2O6S/c1-2-28-20(25)17-7-8-18(29-17)30(26,27)23-11-9-14(10-12-23)19(24)22-13-15-5-3-4-6-16(15)21/h3-8,14H,2,9-13H2,1H3,(H,22,24). The number of nitrogens with zero attached hydrogens (tertiary/aromatic N) is 1. The van der Waals surface area contributed by atoms with Gasteiger partial charge in [0.15, 0.2) is 0 Å². The zero-order valence-corrected chi connectivity index (χ0v) is 18.0. The first kappa shape index (κ1) is 22.3. The number of ether oxygens (including phenoxy) is 1. The van der Waals surface area contributed by atoms with E-state index in [1.807, 2.05) is 18.2 Å². The number of hydrogen-bond acceptors (Lipinski definition) is 6. The number of benzene rings is 1. The lowest BCUT2D eigenvalue weighted by Crippen LogP contribution is -2.42. The molecule has 0 saturated carbocycles. The monoisotopic (exact) mass is 454 g/mol. The second-order valence-electron chi connectivity index (χ2n) is 6.83. The first-order chi connectivity index (χ1) is 14.3. The van der Waals surface area contributed by atoms with Crippen LogP contribution in [0.3, 0.4) is 0 Å². The predicted molar refractivity (Wildman–Crippen MR) is 109 cm³/mol. The molecule has 1 aliphatic heterocycles. The molecule has 2 aromatic rings. The Labute approximate surface area is 180 Å². The van der Waals surface area contributed by atoms with Crippen molar-refractivity contribution in [3.8, 4) is 0 Å². The summed E-state index contributed by atoms with van der Waals surface area (Å²) in [7, 11) is -3.89. The largest absolute Gasteiger partial charge is 0.460 e. The molecule has 3 rings (SSSR count). The van der Waals surface area contributed by atoms with Crippen molar-refractivity contribution in [1.29, 1.82) is 0 Å². The average molecular weight is 455 g/mol. The molecule has 1 aromatic heterocycles. The van der Waals surface area contributed by atoms with Gasteiger partial charge in [0.25, 0.3) is 10.0 Å². The van der Waals surface area contributed by atoms with E-state index < -0.39 is 16.0 Å². The summed E-state index contributed by atoms with van der Waals surface area (Å²) < 4.78 is 36.8. The third-order valence-corrected chi connectivity index (χ3v) is 7.03. The average Bonchev–Trinajstić information content (AvgIpc) is 3.25. The third kappa shape index (κ3) is 5.03. The number of carbonyl (C=O) groups is 2. The molecular formula is C20H23ClN2O6S. The Kier molecular flexibility index (Phi) is 7.17. The van der Waals surface area contributed by atoms with Gasteiger partial charge in [0.2, 0.25) is 16.8 Å². The zero-order valence-electron chi connectivity index (χ0n) is 16.5. The Morgan fingerprint density at radius 2 is 1.90 bits per heavy atom. The lowest BCUT2D eigenvalue weighted by Gasteiger charge is -2.29. The fourth-order valence-corrected chi connectivity index (χ4v) is 4.81. The Morgan fingerprint density at radius 1 is 1.20 bits per heavy atom. The topological polar surface area (TPSA) is 106 Å². The van der Waals surface area contributed by atoms with Gasteiger partial charge in [-0.1, -0.05) is 29.8 Å². The molecule has 1 amide bonds. The van der Waals surface area contributed by atoms with E-state index in [0.29, 0.717) is 24.4 Å². The highest BCUT2D eigenvalue weighted by molar-refractivity contribution is 7.89. The van der Waals surface area contributed by atoms with Gasteiger partial charge in [-0.05, 0) is 43.5 Å². The molecule has 1 saturated heterocycles. The number of carbonyl (C=O) groups excluding carboxylic acids is 2. The van der Waals surface area contributed by atoms with Crippen LogP contribution in [0.4, 0.5) is 0 Å². The van der Waals surface area contributed by atoms with Crippen molar-refractivity contribution in [3.05, 3.63) is 52.7 Å². The van der Waals surface area contributed by atoms with Gasteiger partial charge in [0.1, 0.15) is 0 Å². The summed E-state index contributed by atoms with van der Waals surface area (Å²) in [6.07, 6.45) is 0.776. The lowest BCUT2D eigenvalue weighted by atomic mass is 9.97. The molecule has 2 heterocycles. The highest BCUT2D eigenvalue weighted by Crippen LogP contribution is 2.25. The van der Waals surface area contributed by atoms with E-state index in [9.17, 15) is 18.0 Å². The second kappa shape index (κ2) is 9.63. The molecule has 1 aliphatic rings. The van der Waals surface area contributed by atoms with Crippen LogP contribution in [0.2, 0.25) is 5.02 Å². The molecule has 0 spiro atoms. The minimum Gasteiger partial charge on any atom is -0.460 e. The first-order valence-corrected chi connectivity index (χ1v) is 11.4. The van der Waals surface area contributed by atoms with E-state index in [2.05, 4.69) is 5.32 Å². The zero-order chi connectivity index (χ0) is 21.7. The van der Waals surface area contributed by atoms with Crippen LogP contribution in [0.25, 0.3) is 0 Å². The van der Waals surface area contributed by atoms with Crippen LogP contribution in [0.5, 0.6) is 0 Å². The molecule has 0 atom stereocenters. The summed E-state index contributed by atoms with van der Waals surface area (Å²) in [4.78, 5) is 24.1. The summed E-state index contributed by atoms with van der Waals surface area (Å²) in [5.41, 5.74) is 0.822. The van der Waals surface area contributed by atoms with Gasteiger partial charge >= 0.3 is 5.97 Å². The molecule has 0 unspecified atom stereocenters. The molecule has 1 N–H and O–H groups in total. The van der Waals surface area contributed by atoms with Crippen LogP contribution in [0.15, 0.2) is 45.9 Å². The van der Waals surface area contributed by atoms with E-state index in [0.717, 1.165) is 5.56 Å². The number of halogens is 1. The van der Waals surface area contributed by atoms with Crippen molar-refractivity contribution >= 4 is 33.5 Å². The summed E-state index contributed by atoms with van der Waals surface area (Å²) >= 11 is 6.10. The maximum Gasteiger partial charge on any atom is 0.374 e. The van der Waals surface area contributed by atoms with Crippen LogP contribution >= 0.6 is 11.6 Å². The number of nitrogens with one attached hydrogen (secondary N) is 1. The number of piperidine rings is 1. The molecule has 30 heavy (non-hydrogen) atoms. The quantitative estimate of drug-likeness (QED) is 0.645. The van der Waals surface area contributed by atoms with Crippen LogP contribution in [-0.4, -0.2) is 44.3 Å². The maximum absolute atomic E-state index is 12.8. The van der Waals surface area contributed by atoms with Gasteiger partial charge in [-0.2, -0.15) is 4.31 Å². The minimum atomic E-state index is -3.89. The molecule has 0 bridgehead atoms. The Balaban J connectivity index is 1.56. The highest BCUT2D eigenvalue weighted by Gasteiger charge is 2.34.